The van der Waals surface area contributed by atoms with E-state index >= 15 is 0 Å². The highest BCUT2D eigenvalue weighted by atomic mass is 16.6. The number of hydrogen-bond donors (Lipinski definition) is 1. The van der Waals surface area contributed by atoms with Crippen LogP contribution < -0.4 is 10.1 Å². The Morgan fingerprint density at radius 2 is 2.09 bits per heavy atom. The molecule has 1 saturated carbocycles. The molecule has 0 radical (unpaired) electrons. The summed E-state index contributed by atoms with van der Waals surface area (Å²) in [4.78, 5) is 0. The van der Waals surface area contributed by atoms with Crippen LogP contribution in [0.1, 0.15) is 37.7 Å². The second kappa shape index (κ2) is 6.80. The van der Waals surface area contributed by atoms with Crippen molar-refractivity contribution in [2.45, 2.75) is 50.3 Å². The van der Waals surface area contributed by atoms with Gasteiger partial charge in [0.25, 0.3) is 0 Å². The molecule has 0 amide bonds. The Balaban J connectivity index is 1.33. The van der Waals surface area contributed by atoms with Crippen molar-refractivity contribution in [2.75, 3.05) is 26.4 Å². The van der Waals surface area contributed by atoms with Crippen LogP contribution in [0.15, 0.2) is 24.3 Å². The van der Waals surface area contributed by atoms with E-state index in [0.717, 1.165) is 63.9 Å². The summed E-state index contributed by atoms with van der Waals surface area (Å²) in [5.74, 6) is 1.83. The van der Waals surface area contributed by atoms with Crippen molar-refractivity contribution >= 4 is 0 Å². The van der Waals surface area contributed by atoms with E-state index < -0.39 is 0 Å². The van der Waals surface area contributed by atoms with E-state index in [1.807, 2.05) is 0 Å². The molecule has 1 N–H and O–H groups in total. The smallest absolute Gasteiger partial charge is 0.123 e. The number of nitrogens with one attached hydrogen (secondary N) is 1. The number of hydrogen-bond acceptors (Lipinski definition) is 4. The third kappa shape index (κ3) is 3.87. The van der Waals surface area contributed by atoms with Gasteiger partial charge in [-0.3, -0.25) is 0 Å². The maximum atomic E-state index is 6.01. The van der Waals surface area contributed by atoms with Crippen LogP contribution in [0.25, 0.3) is 0 Å². The van der Waals surface area contributed by atoms with Crippen LogP contribution in [-0.4, -0.2) is 38.1 Å². The predicted molar refractivity (Wildman–Crippen MR) is 88.6 cm³/mol. The summed E-state index contributed by atoms with van der Waals surface area (Å²) in [6, 6.07) is 8.92. The molecule has 126 valence electrons. The summed E-state index contributed by atoms with van der Waals surface area (Å²) < 4.78 is 17.6. The summed E-state index contributed by atoms with van der Waals surface area (Å²) in [5, 5.41) is 3.72. The molecule has 2 heterocycles. The fraction of sp³-hybridized carbons (Fsp3) is 0.684. The Kier molecular flexibility index (Phi) is 4.56. The first kappa shape index (κ1) is 15.4. The molecule has 3 fully saturated rings. The third-order valence-electron chi connectivity index (χ3n) is 5.29. The Morgan fingerprint density at radius 3 is 2.91 bits per heavy atom. The normalized spacial score (nSPS) is 30.7. The Labute approximate surface area is 138 Å². The van der Waals surface area contributed by atoms with Crippen molar-refractivity contribution in [3.8, 4) is 5.75 Å². The van der Waals surface area contributed by atoms with E-state index in [4.69, 9.17) is 14.2 Å². The second-order valence-corrected chi connectivity index (χ2v) is 7.27. The molecule has 2 saturated heterocycles. The summed E-state index contributed by atoms with van der Waals surface area (Å²) >= 11 is 0. The zero-order valence-electron chi connectivity index (χ0n) is 13.8. The molecule has 23 heavy (non-hydrogen) atoms. The van der Waals surface area contributed by atoms with Crippen LogP contribution in [0, 0.1) is 5.92 Å². The first-order valence-corrected chi connectivity index (χ1v) is 8.99. The van der Waals surface area contributed by atoms with Crippen LogP contribution in [0.2, 0.25) is 0 Å². The monoisotopic (exact) mass is 317 g/mol. The average molecular weight is 317 g/mol. The van der Waals surface area contributed by atoms with Gasteiger partial charge in [-0.2, -0.15) is 0 Å². The summed E-state index contributed by atoms with van der Waals surface area (Å²) in [6.45, 7) is 4.16. The fourth-order valence-electron chi connectivity index (χ4n) is 3.60. The lowest BCUT2D eigenvalue weighted by molar-refractivity contribution is -0.0894. The van der Waals surface area contributed by atoms with Crippen LogP contribution >= 0.6 is 0 Å². The van der Waals surface area contributed by atoms with Gasteiger partial charge in [-0.15, -0.1) is 0 Å². The highest BCUT2D eigenvalue weighted by Crippen LogP contribution is 2.33. The van der Waals surface area contributed by atoms with Gasteiger partial charge in [0.2, 0.25) is 0 Å². The molecule has 0 unspecified atom stereocenters. The topological polar surface area (TPSA) is 39.7 Å². The van der Waals surface area contributed by atoms with E-state index in [2.05, 4.69) is 29.6 Å². The summed E-state index contributed by atoms with van der Waals surface area (Å²) in [5.41, 5.74) is 1.23. The second-order valence-electron chi connectivity index (χ2n) is 7.27. The van der Waals surface area contributed by atoms with E-state index in [1.165, 1.54) is 18.4 Å². The van der Waals surface area contributed by atoms with E-state index in [1.54, 1.807) is 0 Å². The maximum Gasteiger partial charge on any atom is 0.123 e. The van der Waals surface area contributed by atoms with Gasteiger partial charge < -0.3 is 19.5 Å². The summed E-state index contributed by atoms with van der Waals surface area (Å²) in [7, 11) is 0. The molecule has 0 aromatic heterocycles. The van der Waals surface area contributed by atoms with Crippen LogP contribution in [0.4, 0.5) is 0 Å². The molecule has 4 rings (SSSR count). The lowest BCUT2D eigenvalue weighted by Gasteiger charge is -2.37. The molecule has 2 aliphatic heterocycles. The molecule has 2 atom stereocenters. The van der Waals surface area contributed by atoms with Gasteiger partial charge in [0.15, 0.2) is 0 Å². The number of ether oxygens (including phenoxy) is 3. The predicted octanol–water partition coefficient (Wildman–Crippen LogP) is 2.90. The minimum atomic E-state index is -0.0299. The number of para-hydroxylation sites is 1. The van der Waals surface area contributed by atoms with Gasteiger partial charge in [-0.25, -0.2) is 0 Å². The third-order valence-corrected chi connectivity index (χ3v) is 5.29. The van der Waals surface area contributed by atoms with Gasteiger partial charge in [-0.1, -0.05) is 18.2 Å². The van der Waals surface area contributed by atoms with Crippen molar-refractivity contribution in [1.82, 2.24) is 5.32 Å². The minimum absolute atomic E-state index is 0.0299. The van der Waals surface area contributed by atoms with Crippen molar-refractivity contribution in [2.24, 2.45) is 5.92 Å². The molecule has 3 aliphatic rings. The van der Waals surface area contributed by atoms with E-state index in [0.29, 0.717) is 6.04 Å². The van der Waals surface area contributed by atoms with Crippen molar-refractivity contribution in [1.29, 1.82) is 0 Å². The van der Waals surface area contributed by atoms with Crippen molar-refractivity contribution in [3.05, 3.63) is 29.8 Å². The number of benzene rings is 1. The summed E-state index contributed by atoms with van der Waals surface area (Å²) in [6.07, 6.45) is 5.82. The molecular formula is C19H27NO3. The van der Waals surface area contributed by atoms with Gasteiger partial charge in [-0.05, 0) is 37.7 Å². The van der Waals surface area contributed by atoms with E-state index in [9.17, 15) is 0 Å². The largest absolute Gasteiger partial charge is 0.493 e. The first-order chi connectivity index (χ1) is 11.3. The first-order valence-electron chi connectivity index (χ1n) is 8.99. The fourth-order valence-corrected chi connectivity index (χ4v) is 3.60. The van der Waals surface area contributed by atoms with Gasteiger partial charge in [0.05, 0.1) is 18.8 Å². The van der Waals surface area contributed by atoms with Crippen molar-refractivity contribution in [3.63, 3.8) is 0 Å². The van der Waals surface area contributed by atoms with Gasteiger partial charge >= 0.3 is 0 Å². The SMILES string of the molecule is c1ccc(OCC2CC2)c(CN[C@H]2CCO[C@@]3(CCOC3)C2)c1. The minimum Gasteiger partial charge on any atom is -0.493 e. The molecular weight excluding hydrogens is 290 g/mol. The Bertz CT molecular complexity index is 523. The highest BCUT2D eigenvalue weighted by Gasteiger charge is 2.40. The van der Waals surface area contributed by atoms with Gasteiger partial charge in [0, 0.05) is 37.8 Å². The molecule has 1 aromatic rings. The van der Waals surface area contributed by atoms with Crippen LogP contribution in [0.3, 0.4) is 0 Å². The van der Waals surface area contributed by atoms with Crippen molar-refractivity contribution < 1.29 is 14.2 Å². The molecule has 1 spiro atoms. The average Bonchev–Trinajstić information content (AvgIpc) is 3.32. The zero-order chi connectivity index (χ0) is 15.5. The maximum absolute atomic E-state index is 6.01. The Hall–Kier alpha value is -1.10. The quantitative estimate of drug-likeness (QED) is 0.876. The lowest BCUT2D eigenvalue weighted by atomic mass is 9.89. The lowest BCUT2D eigenvalue weighted by Crippen LogP contribution is -2.47. The molecule has 1 aromatic carbocycles. The van der Waals surface area contributed by atoms with Crippen LogP contribution in [-0.2, 0) is 16.0 Å². The zero-order valence-corrected chi connectivity index (χ0v) is 13.8. The number of rotatable bonds is 6. The molecule has 1 aliphatic carbocycles. The molecule has 4 nitrogen and oxygen atoms in total. The molecule has 4 heteroatoms. The van der Waals surface area contributed by atoms with Gasteiger partial charge in [0.1, 0.15) is 5.75 Å². The highest BCUT2D eigenvalue weighted by molar-refractivity contribution is 5.33. The Morgan fingerprint density at radius 1 is 1.17 bits per heavy atom. The standard InChI is InChI=1S/C19H27NO3/c1-2-4-18(22-13-15-5-6-15)16(3-1)12-20-17-7-9-23-19(11-17)8-10-21-14-19/h1-4,15,17,20H,5-14H2/t17-,19-/m0/s1. The molecule has 0 bridgehead atoms. The van der Waals surface area contributed by atoms with Crippen LogP contribution in [0.5, 0.6) is 5.75 Å². The van der Waals surface area contributed by atoms with E-state index in [-0.39, 0.29) is 5.60 Å².